The van der Waals surface area contributed by atoms with E-state index in [1.807, 2.05) is 6.20 Å². The number of likely N-dealkylation sites (tertiary alicyclic amines) is 1. The van der Waals surface area contributed by atoms with Gasteiger partial charge < -0.3 is 5.11 Å². The lowest BCUT2D eigenvalue weighted by atomic mass is 10.1. The summed E-state index contributed by atoms with van der Waals surface area (Å²) in [6.45, 7) is 5.98. The first kappa shape index (κ1) is 13.5. The van der Waals surface area contributed by atoms with Gasteiger partial charge >= 0.3 is 5.97 Å². The van der Waals surface area contributed by atoms with Crippen molar-refractivity contribution in [2.75, 3.05) is 6.54 Å². The van der Waals surface area contributed by atoms with Gasteiger partial charge in [0, 0.05) is 24.0 Å². The molecule has 1 atom stereocenters. The first-order valence-corrected chi connectivity index (χ1v) is 7.28. The second kappa shape index (κ2) is 5.80. The molecule has 1 aromatic heterocycles. The fourth-order valence-electron chi connectivity index (χ4n) is 2.36. The Balaban J connectivity index is 1.96. The van der Waals surface area contributed by atoms with Gasteiger partial charge in [-0.15, -0.1) is 11.3 Å². The van der Waals surface area contributed by atoms with Crippen molar-refractivity contribution in [1.29, 1.82) is 0 Å². The third kappa shape index (κ3) is 3.29. The van der Waals surface area contributed by atoms with Crippen LogP contribution in [0.15, 0.2) is 6.20 Å². The van der Waals surface area contributed by atoms with E-state index in [4.69, 9.17) is 5.11 Å². The van der Waals surface area contributed by atoms with Crippen LogP contribution in [0, 0.1) is 5.92 Å². The Hall–Kier alpha value is -0.940. The molecule has 0 spiro atoms. The lowest BCUT2D eigenvalue weighted by Gasteiger charge is -2.19. The maximum atomic E-state index is 11.1. The summed E-state index contributed by atoms with van der Waals surface area (Å²) in [5.41, 5.74) is 0. The average molecular weight is 268 g/mol. The Kier molecular flexibility index (Phi) is 4.35. The van der Waals surface area contributed by atoms with Gasteiger partial charge in [-0.2, -0.15) is 0 Å². The van der Waals surface area contributed by atoms with Crippen molar-refractivity contribution in [3.63, 3.8) is 0 Å². The molecule has 0 saturated carbocycles. The molecule has 0 unspecified atom stereocenters. The molecule has 0 aromatic carbocycles. The first-order chi connectivity index (χ1) is 8.56. The van der Waals surface area contributed by atoms with Crippen LogP contribution < -0.4 is 0 Å². The third-order valence-electron chi connectivity index (χ3n) is 3.19. The molecular weight excluding hydrogens is 248 g/mol. The van der Waals surface area contributed by atoms with Gasteiger partial charge in [-0.3, -0.25) is 9.69 Å². The molecule has 0 bridgehead atoms. The molecule has 1 aliphatic rings. The predicted octanol–water partition coefficient (Wildman–Crippen LogP) is 2.39. The minimum atomic E-state index is -0.695. The van der Waals surface area contributed by atoms with Crippen LogP contribution in [0.5, 0.6) is 0 Å². The monoisotopic (exact) mass is 268 g/mol. The van der Waals surface area contributed by atoms with Crippen molar-refractivity contribution >= 4 is 17.3 Å². The summed E-state index contributed by atoms with van der Waals surface area (Å²) in [4.78, 5) is 18.7. The zero-order valence-corrected chi connectivity index (χ0v) is 11.7. The highest BCUT2D eigenvalue weighted by Crippen LogP contribution is 2.23. The summed E-state index contributed by atoms with van der Waals surface area (Å²) in [5, 5.41) is 10.3. The van der Waals surface area contributed by atoms with Crippen molar-refractivity contribution in [3.8, 4) is 0 Å². The number of aromatic nitrogens is 1. The Morgan fingerprint density at radius 3 is 3.11 bits per heavy atom. The van der Waals surface area contributed by atoms with Crippen LogP contribution in [0.4, 0.5) is 0 Å². The van der Waals surface area contributed by atoms with Crippen molar-refractivity contribution in [2.24, 2.45) is 5.92 Å². The average Bonchev–Trinajstić information content (AvgIpc) is 2.87. The van der Waals surface area contributed by atoms with Crippen molar-refractivity contribution < 1.29 is 9.90 Å². The smallest absolute Gasteiger partial charge is 0.320 e. The maximum Gasteiger partial charge on any atom is 0.320 e. The van der Waals surface area contributed by atoms with Gasteiger partial charge in [-0.05, 0) is 25.3 Å². The molecule has 5 heteroatoms. The minimum Gasteiger partial charge on any atom is -0.480 e. The first-order valence-electron chi connectivity index (χ1n) is 6.46. The van der Waals surface area contributed by atoms with Gasteiger partial charge in [0.05, 0.1) is 5.01 Å². The molecule has 2 rings (SSSR count). The Morgan fingerprint density at radius 1 is 1.67 bits per heavy atom. The van der Waals surface area contributed by atoms with Gasteiger partial charge in [0.2, 0.25) is 0 Å². The van der Waals surface area contributed by atoms with Gasteiger partial charge in [0.1, 0.15) is 6.04 Å². The molecule has 1 aromatic rings. The summed E-state index contributed by atoms with van der Waals surface area (Å²) >= 11 is 1.72. The number of hydrogen-bond donors (Lipinski definition) is 1. The van der Waals surface area contributed by atoms with E-state index in [-0.39, 0.29) is 6.04 Å². The predicted molar refractivity (Wildman–Crippen MR) is 71.7 cm³/mol. The molecular formula is C13H20N2O2S. The number of hydrogen-bond acceptors (Lipinski definition) is 4. The standard InChI is InChI=1S/C13H20N2O2S/c1-9(2)6-12-14-7-10(18-12)8-15-5-3-4-11(15)13(16)17/h7,9,11H,3-6,8H2,1-2H3,(H,16,17)/t11-/m0/s1. The van der Waals surface area contributed by atoms with Gasteiger partial charge in [0.15, 0.2) is 0 Å². The van der Waals surface area contributed by atoms with E-state index in [9.17, 15) is 4.79 Å². The van der Waals surface area contributed by atoms with E-state index in [1.54, 1.807) is 11.3 Å². The SMILES string of the molecule is CC(C)Cc1ncc(CN2CCC[C@H]2C(=O)O)s1. The van der Waals surface area contributed by atoms with Crippen molar-refractivity contribution in [3.05, 3.63) is 16.1 Å². The van der Waals surface area contributed by atoms with E-state index >= 15 is 0 Å². The van der Waals surface area contributed by atoms with E-state index in [0.717, 1.165) is 37.4 Å². The minimum absolute atomic E-state index is 0.305. The molecule has 1 aliphatic heterocycles. The number of rotatable bonds is 5. The summed E-state index contributed by atoms with van der Waals surface area (Å²) in [5.74, 6) is -0.0815. The summed E-state index contributed by atoms with van der Waals surface area (Å²) in [6.07, 6.45) is 4.66. The van der Waals surface area contributed by atoms with Crippen LogP contribution in [0.2, 0.25) is 0 Å². The Morgan fingerprint density at radius 2 is 2.44 bits per heavy atom. The van der Waals surface area contributed by atoms with Crippen LogP contribution in [-0.4, -0.2) is 33.5 Å². The normalized spacial score (nSPS) is 20.7. The topological polar surface area (TPSA) is 53.4 Å². The van der Waals surface area contributed by atoms with Crippen LogP contribution in [0.1, 0.15) is 36.6 Å². The Labute approximate surface area is 112 Å². The van der Waals surface area contributed by atoms with Gasteiger partial charge in [0.25, 0.3) is 0 Å². The number of carboxylic acids is 1. The fraction of sp³-hybridized carbons (Fsp3) is 0.692. The largest absolute Gasteiger partial charge is 0.480 e. The van der Waals surface area contributed by atoms with Crippen LogP contribution in [0.25, 0.3) is 0 Å². The highest BCUT2D eigenvalue weighted by Gasteiger charge is 2.30. The molecule has 1 saturated heterocycles. The Bertz CT molecular complexity index is 417. The summed E-state index contributed by atoms with van der Waals surface area (Å²) < 4.78 is 0. The lowest BCUT2D eigenvalue weighted by molar-refractivity contribution is -0.142. The highest BCUT2D eigenvalue weighted by atomic mass is 32.1. The number of carboxylic acid groups (broad SMARTS) is 1. The van der Waals surface area contributed by atoms with Crippen LogP contribution >= 0.6 is 11.3 Å². The number of thiazole rings is 1. The van der Waals surface area contributed by atoms with Gasteiger partial charge in [-0.1, -0.05) is 13.8 Å². The molecule has 4 nitrogen and oxygen atoms in total. The van der Waals surface area contributed by atoms with Crippen molar-refractivity contribution in [1.82, 2.24) is 9.88 Å². The zero-order chi connectivity index (χ0) is 13.1. The van der Waals surface area contributed by atoms with Crippen LogP contribution in [0.3, 0.4) is 0 Å². The fourth-order valence-corrected chi connectivity index (χ4v) is 3.52. The lowest BCUT2D eigenvalue weighted by Crippen LogP contribution is -2.35. The zero-order valence-electron chi connectivity index (χ0n) is 10.9. The molecule has 2 heterocycles. The van der Waals surface area contributed by atoms with E-state index in [2.05, 4.69) is 23.7 Å². The molecule has 18 heavy (non-hydrogen) atoms. The molecule has 0 amide bonds. The molecule has 1 fully saturated rings. The highest BCUT2D eigenvalue weighted by molar-refractivity contribution is 7.11. The van der Waals surface area contributed by atoms with E-state index < -0.39 is 5.97 Å². The van der Waals surface area contributed by atoms with Gasteiger partial charge in [-0.25, -0.2) is 4.98 Å². The summed E-state index contributed by atoms with van der Waals surface area (Å²) in [7, 11) is 0. The van der Waals surface area contributed by atoms with E-state index in [1.165, 1.54) is 4.88 Å². The molecule has 0 radical (unpaired) electrons. The second-order valence-electron chi connectivity index (χ2n) is 5.29. The third-order valence-corrected chi connectivity index (χ3v) is 4.20. The van der Waals surface area contributed by atoms with Crippen molar-refractivity contribution in [2.45, 2.75) is 45.7 Å². The second-order valence-corrected chi connectivity index (χ2v) is 6.48. The molecule has 0 aliphatic carbocycles. The number of carbonyl (C=O) groups is 1. The maximum absolute atomic E-state index is 11.1. The molecule has 1 N–H and O–H groups in total. The number of nitrogens with zero attached hydrogens (tertiary/aromatic N) is 2. The molecule has 100 valence electrons. The number of aliphatic carboxylic acids is 1. The summed E-state index contributed by atoms with van der Waals surface area (Å²) in [6, 6.07) is -0.305. The quantitative estimate of drug-likeness (QED) is 0.891. The van der Waals surface area contributed by atoms with Crippen LogP contribution in [-0.2, 0) is 17.8 Å². The van der Waals surface area contributed by atoms with E-state index in [0.29, 0.717) is 5.92 Å².